The Morgan fingerprint density at radius 3 is 2.00 bits per heavy atom. The summed E-state index contributed by atoms with van der Waals surface area (Å²) in [5.41, 5.74) is 7.59. The van der Waals surface area contributed by atoms with Gasteiger partial charge in [-0.05, 0) is 70.2 Å². The second-order valence-corrected chi connectivity index (χ2v) is 7.68. The number of nitrogens with one attached hydrogen (secondary N) is 2. The summed E-state index contributed by atoms with van der Waals surface area (Å²) in [4.78, 5) is 23.8. The number of carbonyl (C=O) groups excluding carboxylic acids is 2. The second kappa shape index (κ2) is 20.7. The fourth-order valence-corrected chi connectivity index (χ4v) is 3.10. The van der Waals surface area contributed by atoms with Crippen LogP contribution in [0.25, 0.3) is 0 Å². The summed E-state index contributed by atoms with van der Waals surface area (Å²) in [5.74, 6) is 0. The number of alkyl carbamates (subject to hydrolysis) is 1. The molecule has 2 aromatic carbocycles. The molecule has 0 spiro atoms. The third kappa shape index (κ3) is 15.8. The smallest absolute Gasteiger partial charge is 0.407 e. The SMILES string of the molecule is CNCCCN(CCCN)CCCNC(=O)OCc1ccccc1.O=COCc1ccccc1. The van der Waals surface area contributed by atoms with Gasteiger partial charge in [-0.15, -0.1) is 0 Å². The molecule has 4 N–H and O–H groups in total. The molecule has 0 aliphatic rings. The lowest BCUT2D eigenvalue weighted by molar-refractivity contribution is -0.129. The number of nitrogens with two attached hydrogens (primary N) is 1. The molecule has 34 heavy (non-hydrogen) atoms. The van der Waals surface area contributed by atoms with E-state index in [0.717, 1.165) is 56.6 Å². The summed E-state index contributed by atoms with van der Waals surface area (Å²) in [6.07, 6.45) is 2.67. The number of rotatable bonds is 16. The zero-order chi connectivity index (χ0) is 24.7. The molecule has 0 aliphatic heterocycles. The van der Waals surface area contributed by atoms with Crippen LogP contribution >= 0.6 is 0 Å². The molecule has 0 bridgehead atoms. The van der Waals surface area contributed by atoms with Gasteiger partial charge in [0.05, 0.1) is 0 Å². The van der Waals surface area contributed by atoms with Crippen LogP contribution in [0.1, 0.15) is 30.4 Å². The van der Waals surface area contributed by atoms with Gasteiger partial charge in [-0.1, -0.05) is 60.7 Å². The van der Waals surface area contributed by atoms with Crippen LogP contribution in [0.3, 0.4) is 0 Å². The van der Waals surface area contributed by atoms with Gasteiger partial charge in [0.1, 0.15) is 13.2 Å². The van der Waals surface area contributed by atoms with E-state index in [1.165, 1.54) is 0 Å². The summed E-state index contributed by atoms with van der Waals surface area (Å²) in [5, 5.41) is 5.97. The van der Waals surface area contributed by atoms with E-state index in [-0.39, 0.29) is 6.09 Å². The van der Waals surface area contributed by atoms with Crippen molar-refractivity contribution in [3.05, 3.63) is 71.8 Å². The van der Waals surface area contributed by atoms with E-state index in [2.05, 4.69) is 20.3 Å². The van der Waals surface area contributed by atoms with E-state index in [1.54, 1.807) is 0 Å². The van der Waals surface area contributed by atoms with E-state index in [0.29, 0.717) is 32.8 Å². The Morgan fingerprint density at radius 2 is 1.44 bits per heavy atom. The molecule has 0 radical (unpaired) electrons. The van der Waals surface area contributed by atoms with Crippen LogP contribution in [-0.4, -0.2) is 63.8 Å². The molecule has 8 heteroatoms. The average Bonchev–Trinajstić information content (AvgIpc) is 2.88. The fraction of sp³-hybridized carbons (Fsp3) is 0.462. The highest BCUT2D eigenvalue weighted by Crippen LogP contribution is 2.01. The number of hydrogen-bond donors (Lipinski definition) is 3. The molecule has 0 aromatic heterocycles. The molecule has 0 unspecified atom stereocenters. The van der Waals surface area contributed by atoms with E-state index in [1.807, 2.05) is 67.7 Å². The number of hydrogen-bond acceptors (Lipinski definition) is 7. The van der Waals surface area contributed by atoms with Crippen LogP contribution in [0.15, 0.2) is 60.7 Å². The summed E-state index contributed by atoms with van der Waals surface area (Å²) in [6.45, 7) is 6.51. The Labute approximate surface area is 203 Å². The highest BCUT2D eigenvalue weighted by molar-refractivity contribution is 5.67. The number of nitrogens with zero attached hydrogens (tertiary/aromatic N) is 1. The van der Waals surface area contributed by atoms with E-state index in [4.69, 9.17) is 10.5 Å². The Balaban J connectivity index is 0.000000479. The van der Waals surface area contributed by atoms with E-state index < -0.39 is 0 Å². The monoisotopic (exact) mass is 472 g/mol. The first-order valence-electron chi connectivity index (χ1n) is 11.8. The number of amides is 1. The zero-order valence-electron chi connectivity index (χ0n) is 20.3. The van der Waals surface area contributed by atoms with Crippen molar-refractivity contribution >= 4 is 12.6 Å². The Bertz CT molecular complexity index is 747. The summed E-state index contributed by atoms with van der Waals surface area (Å²) >= 11 is 0. The summed E-state index contributed by atoms with van der Waals surface area (Å²) in [7, 11) is 1.97. The minimum atomic E-state index is -0.359. The molecule has 0 saturated carbocycles. The maximum Gasteiger partial charge on any atom is 0.407 e. The lowest BCUT2D eigenvalue weighted by Gasteiger charge is -2.22. The van der Waals surface area contributed by atoms with Gasteiger partial charge in [-0.25, -0.2) is 4.79 Å². The zero-order valence-corrected chi connectivity index (χ0v) is 20.3. The van der Waals surface area contributed by atoms with Gasteiger partial charge in [-0.2, -0.15) is 0 Å². The van der Waals surface area contributed by atoms with Gasteiger partial charge < -0.3 is 30.7 Å². The van der Waals surface area contributed by atoms with Crippen molar-refractivity contribution in [1.82, 2.24) is 15.5 Å². The van der Waals surface area contributed by atoms with Crippen molar-refractivity contribution in [2.24, 2.45) is 5.73 Å². The van der Waals surface area contributed by atoms with Gasteiger partial charge in [-0.3, -0.25) is 4.79 Å². The molecule has 0 saturated heterocycles. The molecular weight excluding hydrogens is 432 g/mol. The minimum absolute atomic E-state index is 0.305. The van der Waals surface area contributed by atoms with Gasteiger partial charge in [0, 0.05) is 6.54 Å². The maximum atomic E-state index is 11.7. The van der Waals surface area contributed by atoms with Gasteiger partial charge in [0.2, 0.25) is 0 Å². The molecule has 0 fully saturated rings. The minimum Gasteiger partial charge on any atom is -0.463 e. The van der Waals surface area contributed by atoms with Crippen LogP contribution in [0.2, 0.25) is 0 Å². The predicted octanol–water partition coefficient (Wildman–Crippen LogP) is 2.92. The third-order valence-electron chi connectivity index (χ3n) is 4.87. The van der Waals surface area contributed by atoms with Gasteiger partial charge >= 0.3 is 6.09 Å². The normalized spacial score (nSPS) is 10.2. The van der Waals surface area contributed by atoms with E-state index in [9.17, 15) is 9.59 Å². The summed E-state index contributed by atoms with van der Waals surface area (Å²) in [6, 6.07) is 19.2. The Morgan fingerprint density at radius 1 is 0.882 bits per heavy atom. The lowest BCUT2D eigenvalue weighted by atomic mass is 10.2. The van der Waals surface area contributed by atoms with Crippen molar-refractivity contribution in [2.45, 2.75) is 32.5 Å². The van der Waals surface area contributed by atoms with Crippen LogP contribution in [-0.2, 0) is 27.5 Å². The van der Waals surface area contributed by atoms with Crippen LogP contribution in [0.5, 0.6) is 0 Å². The molecule has 0 aliphatic carbocycles. The van der Waals surface area contributed by atoms with Crippen molar-refractivity contribution in [3.63, 3.8) is 0 Å². The van der Waals surface area contributed by atoms with Gasteiger partial charge in [0.15, 0.2) is 0 Å². The van der Waals surface area contributed by atoms with Crippen molar-refractivity contribution < 1.29 is 19.1 Å². The highest BCUT2D eigenvalue weighted by Gasteiger charge is 2.06. The first-order chi connectivity index (χ1) is 16.7. The van der Waals surface area contributed by atoms with Crippen molar-refractivity contribution in [3.8, 4) is 0 Å². The standard InChI is InChI=1S/C18H32N4O2.C8H8O2/c1-20-11-6-14-22(13-5-10-19)15-7-12-21-18(23)24-16-17-8-3-2-4-9-17;9-7-10-6-8-4-2-1-3-5-8/h2-4,8-9,20H,5-7,10-16,19H2,1H3,(H,21,23);1-5,7H,6H2. The molecule has 0 atom stereocenters. The second-order valence-electron chi connectivity index (χ2n) is 7.68. The number of carbonyl (C=O) groups is 2. The first kappa shape index (κ1) is 29.1. The Hall–Kier alpha value is -2.94. The first-order valence-corrected chi connectivity index (χ1v) is 11.8. The van der Waals surface area contributed by atoms with Crippen LogP contribution < -0.4 is 16.4 Å². The van der Waals surface area contributed by atoms with Crippen LogP contribution in [0.4, 0.5) is 4.79 Å². The highest BCUT2D eigenvalue weighted by atomic mass is 16.5. The largest absolute Gasteiger partial charge is 0.463 e. The lowest BCUT2D eigenvalue weighted by Crippen LogP contribution is -2.33. The molecule has 188 valence electrons. The van der Waals surface area contributed by atoms with Crippen molar-refractivity contribution in [1.29, 1.82) is 0 Å². The predicted molar refractivity (Wildman–Crippen MR) is 135 cm³/mol. The third-order valence-corrected chi connectivity index (χ3v) is 4.87. The molecule has 1 amide bonds. The van der Waals surface area contributed by atoms with E-state index >= 15 is 0 Å². The topological polar surface area (TPSA) is 106 Å². The maximum absolute atomic E-state index is 11.7. The molecule has 8 nitrogen and oxygen atoms in total. The quantitative estimate of drug-likeness (QED) is 0.255. The summed E-state index contributed by atoms with van der Waals surface area (Å²) < 4.78 is 9.73. The number of benzene rings is 2. The molecule has 2 aromatic rings. The Kier molecular flexibility index (Phi) is 17.7. The van der Waals surface area contributed by atoms with Crippen LogP contribution in [0, 0.1) is 0 Å². The molecule has 2 rings (SSSR count). The fourth-order valence-electron chi connectivity index (χ4n) is 3.10. The van der Waals surface area contributed by atoms with Gasteiger partial charge in [0.25, 0.3) is 6.47 Å². The molecular formula is C26H40N4O4. The molecule has 0 heterocycles. The number of ether oxygens (including phenoxy) is 2. The average molecular weight is 473 g/mol. The van der Waals surface area contributed by atoms with Crippen molar-refractivity contribution in [2.75, 3.05) is 46.3 Å².